The number of fused-ring (bicyclic) bond motifs is 2. The van der Waals surface area contributed by atoms with Gasteiger partial charge in [-0.2, -0.15) is 0 Å². The van der Waals surface area contributed by atoms with Crippen molar-refractivity contribution in [3.63, 3.8) is 0 Å². The Morgan fingerprint density at radius 2 is 2.04 bits per heavy atom. The van der Waals surface area contributed by atoms with Crippen LogP contribution in [0.2, 0.25) is 5.02 Å². The predicted molar refractivity (Wildman–Crippen MR) is 99.9 cm³/mol. The molecule has 0 unspecified atom stereocenters. The summed E-state index contributed by atoms with van der Waals surface area (Å²) >= 11 is 6.02. The number of hydrogen-bond donors (Lipinski definition) is 0. The van der Waals surface area contributed by atoms with Crippen molar-refractivity contribution in [1.29, 1.82) is 0 Å². The number of carbonyl (C=O) groups excluding carboxylic acids is 1. The molecule has 4 rings (SSSR count). The molecule has 0 bridgehead atoms. The topological polar surface area (TPSA) is 43.7 Å². The highest BCUT2D eigenvalue weighted by atomic mass is 35.5. The van der Waals surface area contributed by atoms with Crippen LogP contribution in [0, 0.1) is 0 Å². The van der Waals surface area contributed by atoms with Gasteiger partial charge < -0.3 is 18.9 Å². The van der Waals surface area contributed by atoms with Gasteiger partial charge in [-0.1, -0.05) is 17.7 Å². The van der Waals surface area contributed by atoms with Crippen molar-refractivity contribution in [2.24, 2.45) is 7.05 Å². The summed E-state index contributed by atoms with van der Waals surface area (Å²) in [5.74, 6) is 0.911. The molecule has 2 aliphatic rings. The maximum Gasteiger partial charge on any atom is 0.270 e. The minimum Gasteiger partial charge on any atom is -0.497 e. The number of amides is 1. The number of likely N-dealkylation sites (tertiary alicyclic amines) is 1. The third kappa shape index (κ3) is 2.89. The quantitative estimate of drug-likeness (QED) is 0.809. The minimum absolute atomic E-state index is 0.0278. The van der Waals surface area contributed by atoms with Crippen LogP contribution in [0.3, 0.4) is 0 Å². The van der Waals surface area contributed by atoms with Crippen LogP contribution >= 0.6 is 11.6 Å². The molecule has 3 heterocycles. The maximum absolute atomic E-state index is 12.8. The number of hydrogen-bond acceptors (Lipinski definition) is 3. The first-order chi connectivity index (χ1) is 12.5. The fraction of sp³-hybridized carbons (Fsp3) is 0.450. The molecular formula is C20H23ClN2O3. The van der Waals surface area contributed by atoms with E-state index in [2.05, 4.69) is 12.1 Å². The fourth-order valence-electron chi connectivity index (χ4n) is 4.17. The van der Waals surface area contributed by atoms with Gasteiger partial charge in [0.2, 0.25) is 0 Å². The average Bonchev–Trinajstić information content (AvgIpc) is 3.00. The number of ether oxygens (including phenoxy) is 2. The van der Waals surface area contributed by atoms with Gasteiger partial charge in [0.05, 0.1) is 24.3 Å². The Bertz CT molecular complexity index is 838. The van der Waals surface area contributed by atoms with Gasteiger partial charge >= 0.3 is 0 Å². The lowest BCUT2D eigenvalue weighted by atomic mass is 9.79. The summed E-state index contributed by atoms with van der Waals surface area (Å²) in [6.45, 7) is 2.06. The second-order valence-electron chi connectivity index (χ2n) is 7.06. The summed E-state index contributed by atoms with van der Waals surface area (Å²) in [6, 6.07) is 7.97. The van der Waals surface area contributed by atoms with E-state index < -0.39 is 0 Å². The summed E-state index contributed by atoms with van der Waals surface area (Å²) in [4.78, 5) is 14.7. The van der Waals surface area contributed by atoms with Crippen molar-refractivity contribution in [3.8, 4) is 5.75 Å². The molecule has 26 heavy (non-hydrogen) atoms. The van der Waals surface area contributed by atoms with Gasteiger partial charge in [-0.15, -0.1) is 0 Å². The van der Waals surface area contributed by atoms with Gasteiger partial charge in [-0.3, -0.25) is 4.79 Å². The lowest BCUT2D eigenvalue weighted by Gasteiger charge is -2.45. The predicted octanol–water partition coefficient (Wildman–Crippen LogP) is 3.39. The highest BCUT2D eigenvalue weighted by Gasteiger charge is 2.42. The number of benzene rings is 1. The number of aromatic nitrogens is 1. The first-order valence-electron chi connectivity index (χ1n) is 8.95. The Kier molecular flexibility index (Phi) is 4.45. The summed E-state index contributed by atoms with van der Waals surface area (Å²) in [5, 5.41) is 0.586. The third-order valence-electron chi connectivity index (χ3n) is 5.60. The Labute approximate surface area is 158 Å². The van der Waals surface area contributed by atoms with Crippen LogP contribution in [-0.2, 0) is 23.8 Å². The van der Waals surface area contributed by atoms with Crippen LogP contribution in [0.4, 0.5) is 0 Å². The van der Waals surface area contributed by atoms with Crippen LogP contribution in [0.1, 0.15) is 34.5 Å². The van der Waals surface area contributed by atoms with E-state index in [1.54, 1.807) is 23.9 Å². The zero-order valence-electron chi connectivity index (χ0n) is 15.1. The number of carbonyl (C=O) groups is 1. The van der Waals surface area contributed by atoms with Crippen LogP contribution in [-0.4, -0.2) is 42.2 Å². The fourth-order valence-corrected chi connectivity index (χ4v) is 4.42. The summed E-state index contributed by atoms with van der Waals surface area (Å²) in [7, 11) is 3.54. The standard InChI is InChI=1S/C20H23ClN2O3/c1-22-13-15(21)12-18(22)19(24)23-8-6-20(7-9-23)17-4-3-16(25-2)11-14(17)5-10-26-20/h3-4,11-13H,5-10H2,1-2H3. The molecule has 0 radical (unpaired) electrons. The number of nitrogens with zero attached hydrogens (tertiary/aromatic N) is 2. The normalized spacial score (nSPS) is 18.7. The van der Waals surface area contributed by atoms with E-state index >= 15 is 0 Å². The molecule has 2 aliphatic heterocycles. The minimum atomic E-state index is -0.289. The monoisotopic (exact) mass is 374 g/mol. The Hall–Kier alpha value is -1.98. The average molecular weight is 375 g/mol. The first kappa shape index (κ1) is 17.4. The van der Waals surface area contributed by atoms with Crippen LogP contribution in [0.25, 0.3) is 0 Å². The Morgan fingerprint density at radius 3 is 2.69 bits per heavy atom. The van der Waals surface area contributed by atoms with Gasteiger partial charge in [-0.25, -0.2) is 0 Å². The highest BCUT2D eigenvalue weighted by molar-refractivity contribution is 6.31. The van der Waals surface area contributed by atoms with Gasteiger partial charge in [0.1, 0.15) is 11.4 Å². The van der Waals surface area contributed by atoms with Crippen LogP contribution in [0.5, 0.6) is 5.75 Å². The van der Waals surface area contributed by atoms with Crippen molar-refractivity contribution in [2.75, 3.05) is 26.8 Å². The number of aryl methyl sites for hydroxylation is 1. The van der Waals surface area contributed by atoms with Crippen molar-refractivity contribution in [1.82, 2.24) is 9.47 Å². The molecular weight excluding hydrogens is 352 g/mol. The van der Waals surface area contributed by atoms with E-state index in [4.69, 9.17) is 21.1 Å². The molecule has 1 aromatic heterocycles. The molecule has 1 aromatic carbocycles. The summed E-state index contributed by atoms with van der Waals surface area (Å²) in [6.07, 6.45) is 4.26. The molecule has 0 N–H and O–H groups in total. The SMILES string of the molecule is COc1ccc2c(c1)CCOC21CCN(C(=O)c2cc(Cl)cn2C)CC1. The molecule has 1 amide bonds. The molecule has 138 valence electrons. The molecule has 0 atom stereocenters. The molecule has 6 heteroatoms. The number of methoxy groups -OCH3 is 1. The zero-order valence-corrected chi connectivity index (χ0v) is 15.9. The molecule has 1 spiro atoms. The highest BCUT2D eigenvalue weighted by Crippen LogP contribution is 2.42. The van der Waals surface area contributed by atoms with Crippen LogP contribution < -0.4 is 4.74 Å². The molecule has 2 aromatic rings. The van der Waals surface area contributed by atoms with E-state index in [9.17, 15) is 4.79 Å². The lowest BCUT2D eigenvalue weighted by Crippen LogP contribution is -2.48. The number of rotatable bonds is 2. The number of piperidine rings is 1. The van der Waals surface area contributed by atoms with Gasteiger partial charge in [0, 0.05) is 26.3 Å². The Balaban J connectivity index is 1.54. The van der Waals surface area contributed by atoms with E-state index in [1.807, 2.05) is 18.0 Å². The van der Waals surface area contributed by atoms with E-state index in [1.165, 1.54) is 11.1 Å². The zero-order chi connectivity index (χ0) is 18.3. The summed E-state index contributed by atoms with van der Waals surface area (Å²) in [5.41, 5.74) is 2.88. The second-order valence-corrected chi connectivity index (χ2v) is 7.50. The van der Waals surface area contributed by atoms with Crippen LogP contribution in [0.15, 0.2) is 30.5 Å². The smallest absolute Gasteiger partial charge is 0.270 e. The largest absolute Gasteiger partial charge is 0.497 e. The van der Waals surface area contributed by atoms with E-state index in [0.29, 0.717) is 30.4 Å². The van der Waals surface area contributed by atoms with E-state index in [0.717, 1.165) is 25.0 Å². The van der Waals surface area contributed by atoms with Crippen molar-refractivity contribution in [2.45, 2.75) is 24.9 Å². The molecule has 1 saturated heterocycles. The Morgan fingerprint density at radius 1 is 1.27 bits per heavy atom. The number of halogens is 1. The second kappa shape index (κ2) is 6.63. The van der Waals surface area contributed by atoms with Crippen molar-refractivity contribution >= 4 is 17.5 Å². The van der Waals surface area contributed by atoms with Gasteiger partial charge in [0.25, 0.3) is 5.91 Å². The van der Waals surface area contributed by atoms with Crippen molar-refractivity contribution in [3.05, 3.63) is 52.3 Å². The molecule has 0 saturated carbocycles. The summed E-state index contributed by atoms with van der Waals surface area (Å²) < 4.78 is 13.4. The molecule has 5 nitrogen and oxygen atoms in total. The van der Waals surface area contributed by atoms with E-state index in [-0.39, 0.29) is 11.5 Å². The third-order valence-corrected chi connectivity index (χ3v) is 5.81. The first-order valence-corrected chi connectivity index (χ1v) is 9.33. The molecule has 1 fully saturated rings. The maximum atomic E-state index is 12.8. The lowest BCUT2D eigenvalue weighted by molar-refractivity contribution is -0.0936. The van der Waals surface area contributed by atoms with Crippen molar-refractivity contribution < 1.29 is 14.3 Å². The molecule has 0 aliphatic carbocycles. The van der Waals surface area contributed by atoms with Gasteiger partial charge in [-0.05, 0) is 48.6 Å². The van der Waals surface area contributed by atoms with Gasteiger partial charge in [0.15, 0.2) is 0 Å².